The van der Waals surface area contributed by atoms with Gasteiger partial charge in [-0.1, -0.05) is 19.9 Å². The molecule has 0 spiro atoms. The summed E-state index contributed by atoms with van der Waals surface area (Å²) in [7, 11) is 1.67. The minimum Gasteiger partial charge on any atom is -0.358 e. The van der Waals surface area contributed by atoms with Crippen molar-refractivity contribution in [1.29, 1.82) is 0 Å². The maximum Gasteiger partial charge on any atom is 0.236 e. The van der Waals surface area contributed by atoms with E-state index in [1.807, 2.05) is 18.3 Å². The molecule has 4 nitrogen and oxygen atoms in total. The number of nitrogens with zero attached hydrogens (tertiary/aromatic N) is 1. The first-order valence-electron chi connectivity index (χ1n) is 5.97. The minimum atomic E-state index is -0.139. The largest absolute Gasteiger partial charge is 0.358 e. The molecule has 1 unspecified atom stereocenters. The van der Waals surface area contributed by atoms with Crippen LogP contribution in [0.4, 0.5) is 0 Å². The first-order valence-corrected chi connectivity index (χ1v) is 5.97. The zero-order valence-corrected chi connectivity index (χ0v) is 10.7. The molecule has 0 fully saturated rings. The SMILES string of the molecule is CNC(=O)C(CC(C)C)NCc1cccnc1. The molecule has 0 aliphatic carbocycles. The lowest BCUT2D eigenvalue weighted by atomic mass is 10.0. The van der Waals surface area contributed by atoms with Crippen LogP contribution in [-0.2, 0) is 11.3 Å². The molecule has 0 aliphatic heterocycles. The highest BCUT2D eigenvalue weighted by atomic mass is 16.2. The third kappa shape index (κ3) is 4.95. The number of pyridine rings is 1. The Labute approximate surface area is 103 Å². The van der Waals surface area contributed by atoms with E-state index in [0.29, 0.717) is 12.5 Å². The average molecular weight is 235 g/mol. The molecule has 1 amide bonds. The normalized spacial score (nSPS) is 12.5. The maximum absolute atomic E-state index is 11.7. The molecular formula is C13H21N3O. The molecule has 94 valence electrons. The number of amides is 1. The molecule has 17 heavy (non-hydrogen) atoms. The minimum absolute atomic E-state index is 0.0441. The molecule has 1 atom stereocenters. The number of nitrogens with one attached hydrogen (secondary N) is 2. The Balaban J connectivity index is 2.52. The molecule has 0 aromatic carbocycles. The number of aromatic nitrogens is 1. The maximum atomic E-state index is 11.7. The topological polar surface area (TPSA) is 54.0 Å². The van der Waals surface area contributed by atoms with E-state index in [9.17, 15) is 4.79 Å². The highest BCUT2D eigenvalue weighted by Gasteiger charge is 2.17. The third-order valence-electron chi connectivity index (χ3n) is 2.55. The highest BCUT2D eigenvalue weighted by molar-refractivity contribution is 5.81. The van der Waals surface area contributed by atoms with Crippen LogP contribution in [0.1, 0.15) is 25.8 Å². The second-order valence-electron chi connectivity index (χ2n) is 4.54. The fourth-order valence-corrected chi connectivity index (χ4v) is 1.67. The van der Waals surface area contributed by atoms with Crippen molar-refractivity contribution in [3.8, 4) is 0 Å². The van der Waals surface area contributed by atoms with Crippen molar-refractivity contribution >= 4 is 5.91 Å². The fourth-order valence-electron chi connectivity index (χ4n) is 1.67. The summed E-state index contributed by atoms with van der Waals surface area (Å²) in [6, 6.07) is 3.75. The van der Waals surface area contributed by atoms with E-state index in [1.165, 1.54) is 0 Å². The Morgan fingerprint density at radius 3 is 2.76 bits per heavy atom. The molecular weight excluding hydrogens is 214 g/mol. The number of carbonyl (C=O) groups excluding carboxylic acids is 1. The van der Waals surface area contributed by atoms with Crippen LogP contribution in [0.5, 0.6) is 0 Å². The van der Waals surface area contributed by atoms with Gasteiger partial charge in [-0.25, -0.2) is 0 Å². The lowest BCUT2D eigenvalue weighted by Crippen LogP contribution is -2.43. The van der Waals surface area contributed by atoms with Gasteiger partial charge >= 0.3 is 0 Å². The van der Waals surface area contributed by atoms with E-state index >= 15 is 0 Å². The molecule has 1 heterocycles. The second-order valence-corrected chi connectivity index (χ2v) is 4.54. The Kier molecular flexibility index (Phi) is 5.63. The predicted octanol–water partition coefficient (Wildman–Crippen LogP) is 1.33. The monoisotopic (exact) mass is 235 g/mol. The molecule has 1 rings (SSSR count). The first-order chi connectivity index (χ1) is 8.13. The predicted molar refractivity (Wildman–Crippen MR) is 68.4 cm³/mol. The van der Waals surface area contributed by atoms with E-state index in [1.54, 1.807) is 13.2 Å². The Hall–Kier alpha value is -1.42. The number of rotatable bonds is 6. The van der Waals surface area contributed by atoms with Crippen molar-refractivity contribution in [3.05, 3.63) is 30.1 Å². The zero-order valence-electron chi connectivity index (χ0n) is 10.7. The summed E-state index contributed by atoms with van der Waals surface area (Å²) < 4.78 is 0. The summed E-state index contributed by atoms with van der Waals surface area (Å²) in [6.45, 7) is 4.89. The Bertz CT molecular complexity index is 338. The standard InChI is InChI=1S/C13H21N3O/c1-10(2)7-12(13(17)14-3)16-9-11-5-4-6-15-8-11/h4-6,8,10,12,16H,7,9H2,1-3H3,(H,14,17). The van der Waals surface area contributed by atoms with E-state index in [2.05, 4.69) is 29.5 Å². The lowest BCUT2D eigenvalue weighted by molar-refractivity contribution is -0.123. The van der Waals surface area contributed by atoms with Gasteiger partial charge in [0.05, 0.1) is 6.04 Å². The van der Waals surface area contributed by atoms with E-state index < -0.39 is 0 Å². The first kappa shape index (κ1) is 13.6. The summed E-state index contributed by atoms with van der Waals surface area (Å²) in [5.74, 6) is 0.529. The van der Waals surface area contributed by atoms with Gasteiger partial charge in [0.15, 0.2) is 0 Å². The van der Waals surface area contributed by atoms with E-state index in [-0.39, 0.29) is 11.9 Å². The Morgan fingerprint density at radius 1 is 1.47 bits per heavy atom. The van der Waals surface area contributed by atoms with Crippen LogP contribution in [0, 0.1) is 5.92 Å². The molecule has 1 aromatic heterocycles. The molecule has 0 saturated carbocycles. The van der Waals surface area contributed by atoms with Crippen LogP contribution in [0.3, 0.4) is 0 Å². The van der Waals surface area contributed by atoms with Gasteiger partial charge in [0, 0.05) is 26.0 Å². The summed E-state index contributed by atoms with van der Waals surface area (Å²) in [4.78, 5) is 15.7. The number of carbonyl (C=O) groups is 1. The van der Waals surface area contributed by atoms with Gasteiger partial charge in [-0.05, 0) is 24.0 Å². The van der Waals surface area contributed by atoms with Crippen molar-refractivity contribution < 1.29 is 4.79 Å². The zero-order chi connectivity index (χ0) is 12.7. The van der Waals surface area contributed by atoms with E-state index in [0.717, 1.165) is 12.0 Å². The van der Waals surface area contributed by atoms with Crippen molar-refractivity contribution in [2.24, 2.45) is 5.92 Å². The van der Waals surface area contributed by atoms with Crippen LogP contribution in [0.15, 0.2) is 24.5 Å². The number of likely N-dealkylation sites (N-methyl/N-ethyl adjacent to an activating group) is 1. The van der Waals surface area contributed by atoms with E-state index in [4.69, 9.17) is 0 Å². The van der Waals surface area contributed by atoms with Crippen molar-refractivity contribution in [3.63, 3.8) is 0 Å². The molecule has 0 bridgehead atoms. The van der Waals surface area contributed by atoms with Crippen LogP contribution in [-0.4, -0.2) is 24.0 Å². The summed E-state index contributed by atoms with van der Waals surface area (Å²) in [6.07, 6.45) is 4.39. The third-order valence-corrected chi connectivity index (χ3v) is 2.55. The van der Waals surface area contributed by atoms with Crippen molar-refractivity contribution in [2.75, 3.05) is 7.05 Å². The average Bonchev–Trinajstić information content (AvgIpc) is 2.34. The van der Waals surface area contributed by atoms with Gasteiger partial charge < -0.3 is 10.6 Å². The van der Waals surface area contributed by atoms with Gasteiger partial charge in [0.2, 0.25) is 5.91 Å². The lowest BCUT2D eigenvalue weighted by Gasteiger charge is -2.19. The smallest absolute Gasteiger partial charge is 0.236 e. The molecule has 4 heteroatoms. The molecule has 2 N–H and O–H groups in total. The van der Waals surface area contributed by atoms with Gasteiger partial charge in [0.25, 0.3) is 0 Å². The summed E-state index contributed by atoms with van der Waals surface area (Å²) in [5.41, 5.74) is 1.09. The number of hydrogen-bond acceptors (Lipinski definition) is 3. The molecule has 0 saturated heterocycles. The molecule has 0 radical (unpaired) electrons. The summed E-state index contributed by atoms with van der Waals surface area (Å²) in [5, 5.41) is 5.96. The van der Waals surface area contributed by atoms with Gasteiger partial charge in [0.1, 0.15) is 0 Å². The number of hydrogen-bond donors (Lipinski definition) is 2. The summed E-state index contributed by atoms with van der Waals surface area (Å²) >= 11 is 0. The van der Waals surface area contributed by atoms with Crippen LogP contribution in [0.2, 0.25) is 0 Å². The van der Waals surface area contributed by atoms with Crippen LogP contribution in [0.25, 0.3) is 0 Å². The van der Waals surface area contributed by atoms with Crippen LogP contribution < -0.4 is 10.6 Å². The second kappa shape index (κ2) is 7.01. The van der Waals surface area contributed by atoms with Crippen molar-refractivity contribution in [2.45, 2.75) is 32.9 Å². The molecule has 0 aliphatic rings. The van der Waals surface area contributed by atoms with Gasteiger partial charge in [-0.15, -0.1) is 0 Å². The Morgan fingerprint density at radius 2 is 2.24 bits per heavy atom. The fraction of sp³-hybridized carbons (Fsp3) is 0.538. The van der Waals surface area contributed by atoms with Gasteiger partial charge in [-0.2, -0.15) is 0 Å². The highest BCUT2D eigenvalue weighted by Crippen LogP contribution is 2.06. The van der Waals surface area contributed by atoms with Gasteiger partial charge in [-0.3, -0.25) is 9.78 Å². The molecule has 1 aromatic rings. The quantitative estimate of drug-likeness (QED) is 0.782. The van der Waals surface area contributed by atoms with Crippen molar-refractivity contribution in [1.82, 2.24) is 15.6 Å². The van der Waals surface area contributed by atoms with Crippen LogP contribution >= 0.6 is 0 Å².